The summed E-state index contributed by atoms with van der Waals surface area (Å²) in [5.41, 5.74) is 7.23. The third kappa shape index (κ3) is 2.09. The summed E-state index contributed by atoms with van der Waals surface area (Å²) in [5.74, 6) is -0.729. The number of aromatic nitrogens is 1. The van der Waals surface area contributed by atoms with E-state index in [4.69, 9.17) is 5.73 Å². The molecule has 0 bridgehead atoms. The van der Waals surface area contributed by atoms with E-state index >= 15 is 0 Å². The molecule has 0 spiro atoms. The average molecular weight is 219 g/mol. The maximum absolute atomic E-state index is 11.6. The molecular weight excluding hydrogens is 206 g/mol. The van der Waals surface area contributed by atoms with Gasteiger partial charge in [0.2, 0.25) is 11.8 Å². The van der Waals surface area contributed by atoms with Crippen molar-refractivity contribution in [3.8, 4) is 0 Å². The molecule has 3 N–H and O–H groups in total. The predicted molar refractivity (Wildman–Crippen MR) is 57.3 cm³/mol. The van der Waals surface area contributed by atoms with Gasteiger partial charge in [0.15, 0.2) is 0 Å². The first-order chi connectivity index (χ1) is 7.70. The summed E-state index contributed by atoms with van der Waals surface area (Å²) < 4.78 is 0. The highest BCUT2D eigenvalue weighted by Crippen LogP contribution is 2.24. The zero-order valence-corrected chi connectivity index (χ0v) is 8.77. The van der Waals surface area contributed by atoms with Crippen LogP contribution in [0.1, 0.15) is 29.9 Å². The zero-order chi connectivity index (χ0) is 11.5. The fourth-order valence-corrected chi connectivity index (χ4v) is 1.82. The number of hydrogen-bond donors (Lipinski definition) is 2. The number of hydrogen-bond acceptors (Lipinski definition) is 4. The van der Waals surface area contributed by atoms with Gasteiger partial charge in [0.1, 0.15) is 0 Å². The van der Waals surface area contributed by atoms with Crippen LogP contribution in [0.4, 0.5) is 0 Å². The van der Waals surface area contributed by atoms with E-state index in [2.05, 4.69) is 10.3 Å². The van der Waals surface area contributed by atoms with Crippen LogP contribution in [0.25, 0.3) is 0 Å². The molecule has 1 atom stereocenters. The zero-order valence-electron chi connectivity index (χ0n) is 8.77. The molecule has 1 saturated heterocycles. The van der Waals surface area contributed by atoms with Crippen LogP contribution >= 0.6 is 0 Å². The molecule has 1 aromatic heterocycles. The third-order valence-electron chi connectivity index (χ3n) is 2.69. The van der Waals surface area contributed by atoms with Crippen molar-refractivity contribution in [2.45, 2.75) is 25.3 Å². The molecule has 0 saturated carbocycles. The van der Waals surface area contributed by atoms with Crippen molar-refractivity contribution >= 4 is 11.8 Å². The van der Waals surface area contributed by atoms with Crippen LogP contribution < -0.4 is 11.1 Å². The molecule has 5 heteroatoms. The van der Waals surface area contributed by atoms with Gasteiger partial charge in [0, 0.05) is 25.4 Å². The Labute approximate surface area is 93.0 Å². The highest BCUT2D eigenvalue weighted by molar-refractivity contribution is 6.00. The second kappa shape index (κ2) is 4.40. The van der Waals surface area contributed by atoms with Gasteiger partial charge in [-0.15, -0.1) is 0 Å². The van der Waals surface area contributed by atoms with Crippen molar-refractivity contribution in [1.82, 2.24) is 10.3 Å². The Morgan fingerprint density at radius 3 is 2.94 bits per heavy atom. The molecule has 2 amide bonds. The minimum atomic E-state index is -0.281. The van der Waals surface area contributed by atoms with Gasteiger partial charge in [0.25, 0.3) is 0 Å². The van der Waals surface area contributed by atoms with Crippen LogP contribution in [-0.4, -0.2) is 16.8 Å². The molecule has 0 aliphatic carbocycles. The van der Waals surface area contributed by atoms with Gasteiger partial charge in [-0.1, -0.05) is 6.07 Å². The monoisotopic (exact) mass is 219 g/mol. The highest BCUT2D eigenvalue weighted by Gasteiger charge is 2.28. The van der Waals surface area contributed by atoms with E-state index in [0.29, 0.717) is 19.4 Å². The van der Waals surface area contributed by atoms with E-state index < -0.39 is 0 Å². The standard InChI is InChI=1S/C11H13N3O2/c12-4-7-3-8(6-13-5-7)9-1-2-10(15)14-11(9)16/h3,5-6,9H,1-2,4,12H2,(H,14,15,16). The largest absolute Gasteiger partial charge is 0.326 e. The van der Waals surface area contributed by atoms with Crippen LogP contribution in [-0.2, 0) is 16.1 Å². The number of rotatable bonds is 2. The second-order valence-electron chi connectivity index (χ2n) is 3.83. The molecule has 0 radical (unpaired) electrons. The van der Waals surface area contributed by atoms with Gasteiger partial charge < -0.3 is 5.73 Å². The molecule has 2 rings (SSSR count). The van der Waals surface area contributed by atoms with Crippen molar-refractivity contribution in [3.05, 3.63) is 29.6 Å². The smallest absolute Gasteiger partial charge is 0.234 e. The van der Waals surface area contributed by atoms with E-state index in [1.165, 1.54) is 0 Å². The van der Waals surface area contributed by atoms with E-state index in [1.807, 2.05) is 6.07 Å². The van der Waals surface area contributed by atoms with Crippen LogP contribution in [0.3, 0.4) is 0 Å². The first-order valence-corrected chi connectivity index (χ1v) is 5.18. The van der Waals surface area contributed by atoms with Crippen LogP contribution in [0, 0.1) is 0 Å². The lowest BCUT2D eigenvalue weighted by Gasteiger charge is -2.21. The average Bonchev–Trinajstić information content (AvgIpc) is 2.29. The Bertz CT molecular complexity index is 431. The first kappa shape index (κ1) is 10.8. The normalized spacial score (nSPS) is 20.7. The van der Waals surface area contributed by atoms with Gasteiger partial charge in [0.05, 0.1) is 5.92 Å². The summed E-state index contributed by atoms with van der Waals surface area (Å²) in [4.78, 5) is 26.7. The van der Waals surface area contributed by atoms with Gasteiger partial charge in [-0.25, -0.2) is 0 Å². The Morgan fingerprint density at radius 1 is 1.44 bits per heavy atom. The molecule has 1 unspecified atom stereocenters. The summed E-state index contributed by atoms with van der Waals surface area (Å²) in [6, 6.07) is 1.87. The minimum Gasteiger partial charge on any atom is -0.326 e. The summed E-state index contributed by atoms with van der Waals surface area (Å²) in [7, 11) is 0. The number of nitrogens with two attached hydrogens (primary N) is 1. The number of carbonyl (C=O) groups is 2. The fourth-order valence-electron chi connectivity index (χ4n) is 1.82. The van der Waals surface area contributed by atoms with Gasteiger partial charge >= 0.3 is 0 Å². The molecule has 1 aliphatic heterocycles. The number of nitrogens with zero attached hydrogens (tertiary/aromatic N) is 1. The van der Waals surface area contributed by atoms with Gasteiger partial charge in [-0.3, -0.25) is 19.9 Å². The first-order valence-electron chi connectivity index (χ1n) is 5.18. The molecule has 16 heavy (non-hydrogen) atoms. The summed E-state index contributed by atoms with van der Waals surface area (Å²) in [6.07, 6.45) is 4.25. The quantitative estimate of drug-likeness (QED) is 0.689. The predicted octanol–water partition coefficient (Wildman–Crippen LogP) is 0.0605. The van der Waals surface area contributed by atoms with E-state index in [0.717, 1.165) is 11.1 Å². The Hall–Kier alpha value is -1.75. The summed E-state index contributed by atoms with van der Waals surface area (Å²) >= 11 is 0. The third-order valence-corrected chi connectivity index (χ3v) is 2.69. The molecule has 1 fully saturated rings. The molecule has 0 aromatic carbocycles. The van der Waals surface area contributed by atoms with Gasteiger partial charge in [-0.05, 0) is 17.5 Å². The highest BCUT2D eigenvalue weighted by atomic mass is 16.2. The Balaban J connectivity index is 2.23. The van der Waals surface area contributed by atoms with E-state index in [9.17, 15) is 9.59 Å². The molecule has 1 aliphatic rings. The summed E-state index contributed by atoms with van der Waals surface area (Å²) in [6.45, 7) is 0.397. The number of pyridine rings is 1. The van der Waals surface area contributed by atoms with Crippen LogP contribution in [0.15, 0.2) is 18.5 Å². The van der Waals surface area contributed by atoms with Crippen molar-refractivity contribution in [1.29, 1.82) is 0 Å². The Morgan fingerprint density at radius 2 is 2.25 bits per heavy atom. The van der Waals surface area contributed by atoms with Crippen molar-refractivity contribution in [2.75, 3.05) is 0 Å². The lowest BCUT2D eigenvalue weighted by Crippen LogP contribution is -2.39. The molecule has 2 heterocycles. The lowest BCUT2D eigenvalue weighted by molar-refractivity contribution is -0.134. The molecule has 84 valence electrons. The number of nitrogens with one attached hydrogen (secondary N) is 1. The fraction of sp³-hybridized carbons (Fsp3) is 0.364. The SMILES string of the molecule is NCc1cncc(C2CCC(=O)NC2=O)c1. The number of imide groups is 1. The van der Waals surface area contributed by atoms with Crippen molar-refractivity contribution in [3.63, 3.8) is 0 Å². The van der Waals surface area contributed by atoms with Gasteiger partial charge in [-0.2, -0.15) is 0 Å². The number of piperidine rings is 1. The molecular formula is C11H13N3O2. The van der Waals surface area contributed by atoms with E-state index in [-0.39, 0.29) is 17.7 Å². The maximum Gasteiger partial charge on any atom is 0.234 e. The minimum absolute atomic E-state index is 0.204. The number of carbonyl (C=O) groups excluding carboxylic acids is 2. The maximum atomic E-state index is 11.6. The topological polar surface area (TPSA) is 85.1 Å². The van der Waals surface area contributed by atoms with Crippen LogP contribution in [0.2, 0.25) is 0 Å². The van der Waals surface area contributed by atoms with Crippen LogP contribution in [0.5, 0.6) is 0 Å². The lowest BCUT2D eigenvalue weighted by atomic mass is 9.91. The van der Waals surface area contributed by atoms with Crippen molar-refractivity contribution in [2.24, 2.45) is 5.73 Å². The molecule has 5 nitrogen and oxygen atoms in total. The second-order valence-corrected chi connectivity index (χ2v) is 3.83. The summed E-state index contributed by atoms with van der Waals surface area (Å²) in [5, 5.41) is 2.33. The number of amides is 2. The molecule has 1 aromatic rings. The Kier molecular flexibility index (Phi) is 2.96. The van der Waals surface area contributed by atoms with E-state index in [1.54, 1.807) is 12.4 Å². The van der Waals surface area contributed by atoms with Crippen molar-refractivity contribution < 1.29 is 9.59 Å².